The number of nitrogens with zero attached hydrogens (tertiary/aromatic N) is 1. The first kappa shape index (κ1) is 13.3. The van der Waals surface area contributed by atoms with Crippen LogP contribution in [0.15, 0.2) is 0 Å². The first-order valence-corrected chi connectivity index (χ1v) is 7.03. The van der Waals surface area contributed by atoms with Gasteiger partial charge in [0.05, 0.1) is 12.2 Å². The lowest BCUT2D eigenvalue weighted by Crippen LogP contribution is -2.50. The maximum atomic E-state index is 9.29. The largest absolute Gasteiger partial charge is 0.393 e. The molecule has 4 nitrogen and oxygen atoms in total. The highest BCUT2D eigenvalue weighted by Crippen LogP contribution is 2.16. The Hall–Kier alpha value is -0.160. The van der Waals surface area contributed by atoms with Gasteiger partial charge in [-0.15, -0.1) is 0 Å². The number of hydrogen-bond donors (Lipinski definition) is 3. The second-order valence-electron chi connectivity index (χ2n) is 5.64. The van der Waals surface area contributed by atoms with E-state index in [0.717, 1.165) is 44.7 Å². The van der Waals surface area contributed by atoms with E-state index in [1.54, 1.807) is 0 Å². The summed E-state index contributed by atoms with van der Waals surface area (Å²) in [6.07, 6.45) is 5.30. The smallest absolute Gasteiger partial charge is 0.0564 e. The summed E-state index contributed by atoms with van der Waals surface area (Å²) >= 11 is 0. The van der Waals surface area contributed by atoms with Crippen LogP contribution in [0.1, 0.15) is 32.1 Å². The SMILES string of the molecule is OC1CCC1.OC1CCN(CC2CNC2)CC1. The van der Waals surface area contributed by atoms with E-state index in [0.29, 0.717) is 0 Å². The molecule has 0 spiro atoms. The molecule has 100 valence electrons. The van der Waals surface area contributed by atoms with Crippen molar-refractivity contribution in [3.63, 3.8) is 0 Å². The Morgan fingerprint density at radius 3 is 1.82 bits per heavy atom. The van der Waals surface area contributed by atoms with Crippen molar-refractivity contribution in [1.82, 2.24) is 10.2 Å². The third-order valence-corrected chi connectivity index (χ3v) is 4.01. The van der Waals surface area contributed by atoms with Crippen LogP contribution >= 0.6 is 0 Å². The Morgan fingerprint density at radius 2 is 1.47 bits per heavy atom. The molecule has 0 radical (unpaired) electrons. The number of likely N-dealkylation sites (tertiary alicyclic amines) is 1. The van der Waals surface area contributed by atoms with Crippen molar-refractivity contribution in [1.29, 1.82) is 0 Å². The second-order valence-corrected chi connectivity index (χ2v) is 5.64. The second kappa shape index (κ2) is 6.69. The summed E-state index contributed by atoms with van der Waals surface area (Å²) in [6, 6.07) is 0. The van der Waals surface area contributed by atoms with Crippen LogP contribution in [-0.2, 0) is 0 Å². The first-order chi connectivity index (χ1) is 8.24. The zero-order chi connectivity index (χ0) is 12.1. The number of nitrogens with one attached hydrogen (secondary N) is 1. The number of hydrogen-bond acceptors (Lipinski definition) is 4. The monoisotopic (exact) mass is 242 g/mol. The van der Waals surface area contributed by atoms with E-state index in [4.69, 9.17) is 5.11 Å². The summed E-state index contributed by atoms with van der Waals surface area (Å²) in [5.41, 5.74) is 0. The number of rotatable bonds is 2. The fourth-order valence-electron chi connectivity index (χ4n) is 2.33. The van der Waals surface area contributed by atoms with Crippen molar-refractivity contribution in [2.24, 2.45) is 5.92 Å². The molecule has 3 aliphatic rings. The van der Waals surface area contributed by atoms with Gasteiger partial charge in [-0.05, 0) is 38.0 Å². The Balaban J connectivity index is 0.000000181. The van der Waals surface area contributed by atoms with E-state index in [9.17, 15) is 5.11 Å². The van der Waals surface area contributed by atoms with Crippen LogP contribution < -0.4 is 5.32 Å². The van der Waals surface area contributed by atoms with Gasteiger partial charge in [-0.3, -0.25) is 0 Å². The number of aliphatic hydroxyl groups is 2. The van der Waals surface area contributed by atoms with Gasteiger partial charge in [0, 0.05) is 32.7 Å². The van der Waals surface area contributed by atoms with Gasteiger partial charge in [0.2, 0.25) is 0 Å². The molecule has 0 aromatic heterocycles. The zero-order valence-corrected chi connectivity index (χ0v) is 10.6. The minimum absolute atomic E-state index is 0.0271. The van der Waals surface area contributed by atoms with E-state index >= 15 is 0 Å². The molecule has 0 aromatic rings. The lowest BCUT2D eigenvalue weighted by atomic mass is 9.97. The molecule has 0 aromatic carbocycles. The van der Waals surface area contributed by atoms with E-state index in [-0.39, 0.29) is 12.2 Å². The summed E-state index contributed by atoms with van der Waals surface area (Å²) in [5.74, 6) is 0.875. The maximum Gasteiger partial charge on any atom is 0.0564 e. The normalized spacial score (nSPS) is 27.9. The van der Waals surface area contributed by atoms with Crippen LogP contribution in [-0.4, -0.2) is 60.0 Å². The van der Waals surface area contributed by atoms with Crippen molar-refractivity contribution in [2.45, 2.75) is 44.3 Å². The summed E-state index contributed by atoms with van der Waals surface area (Å²) in [7, 11) is 0. The van der Waals surface area contributed by atoms with Crippen LogP contribution in [0.2, 0.25) is 0 Å². The quantitative estimate of drug-likeness (QED) is 0.647. The predicted molar refractivity (Wildman–Crippen MR) is 67.9 cm³/mol. The Kier molecular flexibility index (Phi) is 5.22. The molecule has 3 N–H and O–H groups in total. The lowest BCUT2D eigenvalue weighted by Gasteiger charge is -2.36. The van der Waals surface area contributed by atoms with E-state index in [1.165, 1.54) is 26.1 Å². The highest BCUT2D eigenvalue weighted by Gasteiger charge is 2.23. The average Bonchev–Trinajstić information content (AvgIpc) is 2.24. The molecule has 2 saturated heterocycles. The molecular formula is C13H26N2O2. The summed E-state index contributed by atoms with van der Waals surface area (Å²) in [5, 5.41) is 21.0. The topological polar surface area (TPSA) is 55.7 Å². The predicted octanol–water partition coefficient (Wildman–Crippen LogP) is 0.194. The Morgan fingerprint density at radius 1 is 0.941 bits per heavy atom. The summed E-state index contributed by atoms with van der Waals surface area (Å²) < 4.78 is 0. The molecule has 17 heavy (non-hydrogen) atoms. The molecule has 3 fully saturated rings. The fraction of sp³-hybridized carbons (Fsp3) is 1.00. The molecule has 1 saturated carbocycles. The Labute approximate surface area is 104 Å². The molecular weight excluding hydrogens is 216 g/mol. The van der Waals surface area contributed by atoms with Crippen LogP contribution in [0.25, 0.3) is 0 Å². The minimum Gasteiger partial charge on any atom is -0.393 e. The molecule has 4 heteroatoms. The summed E-state index contributed by atoms with van der Waals surface area (Å²) in [6.45, 7) is 5.81. The fourth-order valence-corrected chi connectivity index (χ4v) is 2.33. The molecule has 0 bridgehead atoms. The van der Waals surface area contributed by atoms with Gasteiger partial charge < -0.3 is 20.4 Å². The molecule has 0 unspecified atom stereocenters. The zero-order valence-electron chi connectivity index (χ0n) is 10.6. The van der Waals surface area contributed by atoms with Crippen molar-refractivity contribution in [2.75, 3.05) is 32.7 Å². The third-order valence-electron chi connectivity index (χ3n) is 4.01. The highest BCUT2D eigenvalue weighted by molar-refractivity contribution is 4.80. The molecule has 3 rings (SSSR count). The summed E-state index contributed by atoms with van der Waals surface area (Å²) in [4.78, 5) is 2.48. The highest BCUT2D eigenvalue weighted by atomic mass is 16.3. The van der Waals surface area contributed by atoms with Crippen LogP contribution in [0.3, 0.4) is 0 Å². The first-order valence-electron chi connectivity index (χ1n) is 7.03. The van der Waals surface area contributed by atoms with Gasteiger partial charge >= 0.3 is 0 Å². The van der Waals surface area contributed by atoms with E-state index in [1.807, 2.05) is 0 Å². The molecule has 1 aliphatic carbocycles. The molecule has 0 atom stereocenters. The molecule has 2 heterocycles. The maximum absolute atomic E-state index is 9.29. The van der Waals surface area contributed by atoms with E-state index < -0.39 is 0 Å². The van der Waals surface area contributed by atoms with E-state index in [2.05, 4.69) is 10.2 Å². The van der Waals surface area contributed by atoms with Crippen molar-refractivity contribution < 1.29 is 10.2 Å². The van der Waals surface area contributed by atoms with Crippen molar-refractivity contribution in [3.8, 4) is 0 Å². The van der Waals surface area contributed by atoms with Crippen LogP contribution in [0, 0.1) is 5.92 Å². The number of aliphatic hydroxyl groups excluding tert-OH is 2. The van der Waals surface area contributed by atoms with Gasteiger partial charge in [0.15, 0.2) is 0 Å². The number of piperidine rings is 1. The molecule has 2 aliphatic heterocycles. The van der Waals surface area contributed by atoms with Gasteiger partial charge in [-0.25, -0.2) is 0 Å². The van der Waals surface area contributed by atoms with Gasteiger partial charge in [-0.1, -0.05) is 0 Å². The lowest BCUT2D eigenvalue weighted by molar-refractivity contribution is 0.0694. The average molecular weight is 242 g/mol. The van der Waals surface area contributed by atoms with Gasteiger partial charge in [-0.2, -0.15) is 0 Å². The third kappa shape index (κ3) is 4.54. The van der Waals surface area contributed by atoms with Crippen LogP contribution in [0.5, 0.6) is 0 Å². The van der Waals surface area contributed by atoms with Gasteiger partial charge in [0.25, 0.3) is 0 Å². The standard InChI is InChI=1S/C9H18N2O.C4H8O/c12-9-1-3-11(4-2-9)7-8-5-10-6-8;5-4-2-1-3-4/h8-10,12H,1-7H2;4-5H,1-3H2. The minimum atomic E-state index is -0.0271. The Bertz CT molecular complexity index is 209. The molecule has 0 amide bonds. The van der Waals surface area contributed by atoms with Crippen LogP contribution in [0.4, 0.5) is 0 Å². The van der Waals surface area contributed by atoms with Crippen molar-refractivity contribution in [3.05, 3.63) is 0 Å². The van der Waals surface area contributed by atoms with Gasteiger partial charge in [0.1, 0.15) is 0 Å². The van der Waals surface area contributed by atoms with Crippen molar-refractivity contribution >= 4 is 0 Å².